The van der Waals surface area contributed by atoms with Gasteiger partial charge in [0.25, 0.3) is 5.91 Å². The molecule has 0 aromatic heterocycles. The van der Waals surface area contributed by atoms with Gasteiger partial charge in [-0.15, -0.1) is 0 Å². The van der Waals surface area contributed by atoms with E-state index in [-0.39, 0.29) is 33.5 Å². The van der Waals surface area contributed by atoms with Gasteiger partial charge in [-0.25, -0.2) is 13.2 Å². The number of benzene rings is 1. The van der Waals surface area contributed by atoms with Gasteiger partial charge in [0.15, 0.2) is 16.4 Å². The molecular weight excluding hydrogens is 360 g/mol. The van der Waals surface area contributed by atoms with Gasteiger partial charge in [-0.2, -0.15) is 0 Å². The van der Waals surface area contributed by atoms with E-state index >= 15 is 0 Å². The quantitative estimate of drug-likeness (QED) is 0.562. The number of methoxy groups -OCH3 is 1. The maximum Gasteiger partial charge on any atom is 0.342 e. The standard InChI is InChI=1S/C14H17ClN2O6S/c1-22-12-5-11(16)10(15)4-9(12)14(19)23-6-13(18)17-8-2-3-24(20,21)7-8/h4-5,8H,2-3,6-7,16H2,1H3,(H,17,18). The maximum atomic E-state index is 12.1. The fraction of sp³-hybridized carbons (Fsp3) is 0.429. The fourth-order valence-corrected chi connectivity index (χ4v) is 4.12. The normalized spacial score (nSPS) is 18.8. The Morgan fingerprint density at radius 1 is 1.42 bits per heavy atom. The summed E-state index contributed by atoms with van der Waals surface area (Å²) in [5.41, 5.74) is 5.90. The molecule has 2 rings (SSSR count). The third kappa shape index (κ3) is 4.51. The Balaban J connectivity index is 1.93. The van der Waals surface area contributed by atoms with Crippen molar-refractivity contribution in [3.05, 3.63) is 22.7 Å². The summed E-state index contributed by atoms with van der Waals surface area (Å²) in [5, 5.41) is 2.67. The van der Waals surface area contributed by atoms with Gasteiger partial charge in [0.2, 0.25) is 0 Å². The summed E-state index contributed by atoms with van der Waals surface area (Å²) < 4.78 is 32.6. The van der Waals surface area contributed by atoms with Gasteiger partial charge in [0.1, 0.15) is 11.3 Å². The second kappa shape index (κ2) is 7.27. The van der Waals surface area contributed by atoms with Crippen LogP contribution in [0.3, 0.4) is 0 Å². The first kappa shape index (κ1) is 18.3. The first-order chi connectivity index (χ1) is 11.2. The minimum absolute atomic E-state index is 0.0351. The van der Waals surface area contributed by atoms with Crippen LogP contribution in [0.25, 0.3) is 0 Å². The number of ether oxygens (including phenoxy) is 2. The van der Waals surface area contributed by atoms with Crippen molar-refractivity contribution in [2.24, 2.45) is 0 Å². The lowest BCUT2D eigenvalue weighted by Crippen LogP contribution is -2.38. The lowest BCUT2D eigenvalue weighted by atomic mass is 10.2. The molecule has 1 atom stereocenters. The molecule has 1 aliphatic rings. The molecule has 1 saturated heterocycles. The number of nitrogens with two attached hydrogens (primary N) is 1. The molecule has 0 spiro atoms. The molecule has 132 valence electrons. The van der Waals surface area contributed by atoms with Gasteiger partial charge >= 0.3 is 5.97 Å². The molecule has 0 aliphatic carbocycles. The molecule has 0 saturated carbocycles. The highest BCUT2D eigenvalue weighted by atomic mass is 35.5. The zero-order valence-electron chi connectivity index (χ0n) is 12.9. The summed E-state index contributed by atoms with van der Waals surface area (Å²) in [7, 11) is -1.74. The first-order valence-electron chi connectivity index (χ1n) is 7.02. The van der Waals surface area contributed by atoms with Crippen LogP contribution in [-0.4, -0.2) is 51.6 Å². The second-order valence-electron chi connectivity index (χ2n) is 5.32. The molecule has 1 amide bonds. The minimum atomic E-state index is -3.10. The molecule has 1 heterocycles. The summed E-state index contributed by atoms with van der Waals surface area (Å²) in [6, 6.07) is 2.21. The van der Waals surface area contributed by atoms with Crippen molar-refractivity contribution >= 4 is 39.0 Å². The molecule has 0 bridgehead atoms. The van der Waals surface area contributed by atoms with E-state index in [1.54, 1.807) is 0 Å². The van der Waals surface area contributed by atoms with Gasteiger partial charge in [-0.1, -0.05) is 11.6 Å². The molecule has 1 aromatic carbocycles. The highest BCUT2D eigenvalue weighted by Gasteiger charge is 2.29. The third-order valence-corrected chi connectivity index (χ3v) is 5.57. The van der Waals surface area contributed by atoms with Gasteiger partial charge in [-0.3, -0.25) is 4.79 Å². The number of nitrogen functional groups attached to an aromatic ring is 1. The van der Waals surface area contributed by atoms with Crippen LogP contribution in [-0.2, 0) is 19.4 Å². The topological polar surface area (TPSA) is 125 Å². The van der Waals surface area contributed by atoms with Gasteiger partial charge in [-0.05, 0) is 12.5 Å². The number of esters is 1. The number of sulfone groups is 1. The Kier molecular flexibility index (Phi) is 5.55. The number of halogens is 1. The van der Waals surface area contributed by atoms with E-state index in [1.807, 2.05) is 0 Å². The Bertz CT molecular complexity index is 765. The zero-order chi connectivity index (χ0) is 17.9. The van der Waals surface area contributed by atoms with E-state index in [2.05, 4.69) is 5.32 Å². The summed E-state index contributed by atoms with van der Waals surface area (Å²) in [5.74, 6) is -1.27. The highest BCUT2D eigenvalue weighted by molar-refractivity contribution is 7.91. The van der Waals surface area contributed by atoms with Crippen LogP contribution in [0.5, 0.6) is 5.75 Å². The Labute approximate surface area is 144 Å². The van der Waals surface area contributed by atoms with Crippen LogP contribution in [0.15, 0.2) is 12.1 Å². The van der Waals surface area contributed by atoms with E-state index in [4.69, 9.17) is 26.8 Å². The minimum Gasteiger partial charge on any atom is -0.496 e. The van der Waals surface area contributed by atoms with Crippen molar-refractivity contribution in [2.45, 2.75) is 12.5 Å². The van der Waals surface area contributed by atoms with E-state index in [0.29, 0.717) is 6.42 Å². The molecule has 24 heavy (non-hydrogen) atoms. The number of amides is 1. The van der Waals surface area contributed by atoms with Crippen molar-refractivity contribution in [3.8, 4) is 5.75 Å². The number of hydrogen-bond acceptors (Lipinski definition) is 7. The Morgan fingerprint density at radius 2 is 2.12 bits per heavy atom. The van der Waals surface area contributed by atoms with E-state index in [0.717, 1.165) is 0 Å². The zero-order valence-corrected chi connectivity index (χ0v) is 14.4. The van der Waals surface area contributed by atoms with Crippen molar-refractivity contribution in [3.63, 3.8) is 0 Å². The molecule has 1 aliphatic heterocycles. The van der Waals surface area contributed by atoms with E-state index in [1.165, 1.54) is 19.2 Å². The van der Waals surface area contributed by atoms with E-state index < -0.39 is 34.4 Å². The first-order valence-corrected chi connectivity index (χ1v) is 9.21. The van der Waals surface area contributed by atoms with Crippen LogP contribution < -0.4 is 15.8 Å². The van der Waals surface area contributed by atoms with Gasteiger partial charge in [0.05, 0.1) is 29.3 Å². The number of carbonyl (C=O) groups excluding carboxylic acids is 2. The number of nitrogens with one attached hydrogen (secondary N) is 1. The monoisotopic (exact) mass is 376 g/mol. The fourth-order valence-electron chi connectivity index (χ4n) is 2.28. The van der Waals surface area contributed by atoms with Crippen molar-refractivity contribution in [2.75, 3.05) is 31.0 Å². The molecule has 1 unspecified atom stereocenters. The molecular formula is C14H17ClN2O6S. The smallest absolute Gasteiger partial charge is 0.342 e. The molecule has 8 nitrogen and oxygen atoms in total. The van der Waals surface area contributed by atoms with Crippen LogP contribution >= 0.6 is 11.6 Å². The SMILES string of the molecule is COc1cc(N)c(Cl)cc1C(=O)OCC(=O)NC1CCS(=O)(=O)C1. The predicted octanol–water partition coefficient (Wildman–Crippen LogP) is 0.391. The average Bonchev–Trinajstić information content (AvgIpc) is 2.85. The Morgan fingerprint density at radius 3 is 2.71 bits per heavy atom. The van der Waals surface area contributed by atoms with Gasteiger partial charge in [0, 0.05) is 12.1 Å². The molecule has 10 heteroatoms. The lowest BCUT2D eigenvalue weighted by Gasteiger charge is -2.12. The van der Waals surface area contributed by atoms with Crippen molar-refractivity contribution in [1.29, 1.82) is 0 Å². The largest absolute Gasteiger partial charge is 0.496 e. The van der Waals surface area contributed by atoms with Crippen LogP contribution in [0.4, 0.5) is 5.69 Å². The number of carbonyl (C=O) groups is 2. The van der Waals surface area contributed by atoms with Crippen LogP contribution in [0, 0.1) is 0 Å². The highest BCUT2D eigenvalue weighted by Crippen LogP contribution is 2.29. The Hall–Kier alpha value is -2.00. The summed E-state index contributed by atoms with van der Waals surface area (Å²) >= 11 is 5.87. The van der Waals surface area contributed by atoms with Crippen LogP contribution in [0.1, 0.15) is 16.8 Å². The van der Waals surface area contributed by atoms with Crippen LogP contribution in [0.2, 0.25) is 5.02 Å². The maximum absolute atomic E-state index is 12.1. The van der Waals surface area contributed by atoms with Gasteiger partial charge < -0.3 is 20.5 Å². The number of rotatable bonds is 5. The second-order valence-corrected chi connectivity index (χ2v) is 7.95. The number of hydrogen-bond donors (Lipinski definition) is 2. The molecule has 3 N–H and O–H groups in total. The average molecular weight is 377 g/mol. The molecule has 0 radical (unpaired) electrons. The number of anilines is 1. The predicted molar refractivity (Wildman–Crippen MR) is 87.9 cm³/mol. The van der Waals surface area contributed by atoms with Crippen molar-refractivity contribution in [1.82, 2.24) is 5.32 Å². The van der Waals surface area contributed by atoms with Crippen molar-refractivity contribution < 1.29 is 27.5 Å². The summed E-state index contributed by atoms with van der Waals surface area (Å²) in [6.07, 6.45) is 0.351. The summed E-state index contributed by atoms with van der Waals surface area (Å²) in [6.45, 7) is -0.541. The molecule has 1 aromatic rings. The third-order valence-electron chi connectivity index (χ3n) is 3.47. The summed E-state index contributed by atoms with van der Waals surface area (Å²) in [4.78, 5) is 23.8. The lowest BCUT2D eigenvalue weighted by molar-refractivity contribution is -0.124. The molecule has 1 fully saturated rings. The van der Waals surface area contributed by atoms with E-state index in [9.17, 15) is 18.0 Å².